The van der Waals surface area contributed by atoms with Crippen LogP contribution in [0, 0.1) is 0 Å². The van der Waals surface area contributed by atoms with E-state index in [0.717, 1.165) is 0 Å². The summed E-state index contributed by atoms with van der Waals surface area (Å²) in [5, 5.41) is 3.36. The quantitative estimate of drug-likeness (QED) is 0.822. The fourth-order valence-electron chi connectivity index (χ4n) is 1.35. The third-order valence-corrected chi connectivity index (χ3v) is 2.36. The van der Waals surface area contributed by atoms with Crippen molar-refractivity contribution in [1.29, 1.82) is 0 Å². The Balaban J connectivity index is 2.72. The maximum absolute atomic E-state index is 11.6. The second kappa shape index (κ2) is 7.14. The zero-order chi connectivity index (χ0) is 12.7. The molecule has 0 fully saturated rings. The first-order valence-corrected chi connectivity index (χ1v) is 5.97. The number of benzene rings is 1. The van der Waals surface area contributed by atoms with Crippen LogP contribution in [0.15, 0.2) is 18.2 Å². The van der Waals surface area contributed by atoms with Gasteiger partial charge in [0, 0.05) is 17.5 Å². The molecule has 3 N–H and O–H groups in total. The minimum atomic E-state index is -0.0706. The van der Waals surface area contributed by atoms with Gasteiger partial charge in [0.05, 0.1) is 12.3 Å². The molecule has 1 aromatic rings. The molecule has 0 unspecified atom stereocenters. The Hall–Kier alpha value is -1.26. The van der Waals surface area contributed by atoms with Crippen LogP contribution >= 0.6 is 11.6 Å². The molecule has 1 aromatic carbocycles. The van der Waals surface area contributed by atoms with E-state index in [0.29, 0.717) is 42.5 Å². The van der Waals surface area contributed by atoms with Crippen LogP contribution in [-0.2, 0) is 4.79 Å². The number of anilines is 1. The second-order valence-electron chi connectivity index (χ2n) is 3.51. The van der Waals surface area contributed by atoms with Crippen molar-refractivity contribution in [1.82, 2.24) is 0 Å². The van der Waals surface area contributed by atoms with Gasteiger partial charge in [-0.25, -0.2) is 0 Å². The summed E-state index contributed by atoms with van der Waals surface area (Å²) in [6.07, 6.45) is 1.08. The van der Waals surface area contributed by atoms with Gasteiger partial charge in [0.15, 0.2) is 0 Å². The summed E-state index contributed by atoms with van der Waals surface area (Å²) >= 11 is 5.86. The highest BCUT2D eigenvalue weighted by atomic mass is 35.5. The number of amides is 1. The normalized spacial score (nSPS) is 10.1. The van der Waals surface area contributed by atoms with Crippen LogP contribution < -0.4 is 15.8 Å². The first kappa shape index (κ1) is 13.8. The van der Waals surface area contributed by atoms with Crippen LogP contribution in [0.3, 0.4) is 0 Å². The summed E-state index contributed by atoms with van der Waals surface area (Å²) in [4.78, 5) is 11.6. The van der Waals surface area contributed by atoms with Gasteiger partial charge in [-0.1, -0.05) is 11.6 Å². The molecule has 5 heteroatoms. The summed E-state index contributed by atoms with van der Waals surface area (Å²) in [6, 6.07) is 5.12. The minimum Gasteiger partial charge on any atom is -0.492 e. The molecule has 94 valence electrons. The molecule has 0 aromatic heterocycles. The molecule has 1 amide bonds. The van der Waals surface area contributed by atoms with Gasteiger partial charge in [-0.2, -0.15) is 0 Å². The molecule has 0 spiro atoms. The molecular weight excluding hydrogens is 240 g/mol. The molecule has 0 saturated heterocycles. The monoisotopic (exact) mass is 256 g/mol. The molecule has 0 heterocycles. The number of halogens is 1. The standard InChI is InChI=1S/C12H17ClN2O2/c1-2-17-11-8-9(13)5-6-10(11)15-12(16)4-3-7-14/h5-6,8H,2-4,7,14H2,1H3,(H,15,16). The zero-order valence-corrected chi connectivity index (χ0v) is 10.6. The molecule has 0 aliphatic carbocycles. The summed E-state index contributed by atoms with van der Waals surface area (Å²) in [7, 11) is 0. The maximum Gasteiger partial charge on any atom is 0.224 e. The molecule has 0 saturated carbocycles. The smallest absolute Gasteiger partial charge is 0.224 e. The van der Waals surface area contributed by atoms with E-state index in [1.807, 2.05) is 6.92 Å². The molecule has 0 aliphatic heterocycles. The van der Waals surface area contributed by atoms with Crippen LogP contribution in [0.2, 0.25) is 5.02 Å². The van der Waals surface area contributed by atoms with E-state index in [9.17, 15) is 4.79 Å². The first-order chi connectivity index (χ1) is 8.17. The van der Waals surface area contributed by atoms with Crippen molar-refractivity contribution in [2.24, 2.45) is 5.73 Å². The van der Waals surface area contributed by atoms with Crippen molar-refractivity contribution in [3.8, 4) is 5.75 Å². The lowest BCUT2D eigenvalue weighted by Gasteiger charge is -2.11. The Morgan fingerprint density at radius 1 is 1.53 bits per heavy atom. The zero-order valence-electron chi connectivity index (χ0n) is 9.83. The summed E-state index contributed by atoms with van der Waals surface area (Å²) < 4.78 is 5.40. The Labute approximate surface area is 106 Å². The molecule has 0 radical (unpaired) electrons. The van der Waals surface area contributed by atoms with Crippen molar-refractivity contribution < 1.29 is 9.53 Å². The summed E-state index contributed by atoms with van der Waals surface area (Å²) in [6.45, 7) is 2.90. The van der Waals surface area contributed by atoms with E-state index in [2.05, 4.69) is 5.32 Å². The van der Waals surface area contributed by atoms with Crippen molar-refractivity contribution >= 4 is 23.2 Å². The van der Waals surface area contributed by atoms with Crippen molar-refractivity contribution in [3.63, 3.8) is 0 Å². The number of nitrogens with two attached hydrogens (primary N) is 1. The molecule has 0 aliphatic rings. The highest BCUT2D eigenvalue weighted by Crippen LogP contribution is 2.28. The highest BCUT2D eigenvalue weighted by Gasteiger charge is 2.08. The fraction of sp³-hybridized carbons (Fsp3) is 0.417. The third kappa shape index (κ3) is 4.63. The Bertz CT molecular complexity index is 383. The Morgan fingerprint density at radius 2 is 2.29 bits per heavy atom. The molecule has 1 rings (SSSR count). The lowest BCUT2D eigenvalue weighted by Crippen LogP contribution is -2.14. The maximum atomic E-state index is 11.6. The SMILES string of the molecule is CCOc1cc(Cl)ccc1NC(=O)CCCN. The minimum absolute atomic E-state index is 0.0706. The van der Waals surface area contributed by atoms with Crippen LogP contribution in [-0.4, -0.2) is 19.1 Å². The van der Waals surface area contributed by atoms with Gasteiger partial charge in [-0.15, -0.1) is 0 Å². The average Bonchev–Trinajstić information content (AvgIpc) is 2.30. The van der Waals surface area contributed by atoms with E-state index in [1.54, 1.807) is 18.2 Å². The lowest BCUT2D eigenvalue weighted by atomic mass is 10.2. The van der Waals surface area contributed by atoms with E-state index in [4.69, 9.17) is 22.1 Å². The molecule has 0 bridgehead atoms. The Kier molecular flexibility index (Phi) is 5.80. The largest absolute Gasteiger partial charge is 0.492 e. The molecule has 0 atom stereocenters. The average molecular weight is 257 g/mol. The first-order valence-electron chi connectivity index (χ1n) is 5.59. The van der Waals surface area contributed by atoms with E-state index >= 15 is 0 Å². The number of carbonyl (C=O) groups excluding carboxylic acids is 1. The number of carbonyl (C=O) groups is 1. The molecule has 4 nitrogen and oxygen atoms in total. The summed E-state index contributed by atoms with van der Waals surface area (Å²) in [5.74, 6) is 0.514. The highest BCUT2D eigenvalue weighted by molar-refractivity contribution is 6.30. The third-order valence-electron chi connectivity index (χ3n) is 2.13. The predicted molar refractivity (Wildman–Crippen MR) is 69.5 cm³/mol. The number of nitrogens with one attached hydrogen (secondary N) is 1. The number of hydrogen-bond donors (Lipinski definition) is 2. The molecule has 17 heavy (non-hydrogen) atoms. The van der Waals surface area contributed by atoms with E-state index in [1.165, 1.54) is 0 Å². The van der Waals surface area contributed by atoms with Crippen LogP contribution in [0.1, 0.15) is 19.8 Å². The van der Waals surface area contributed by atoms with E-state index < -0.39 is 0 Å². The Morgan fingerprint density at radius 3 is 2.94 bits per heavy atom. The number of rotatable bonds is 6. The van der Waals surface area contributed by atoms with Crippen LogP contribution in [0.5, 0.6) is 5.75 Å². The predicted octanol–water partition coefficient (Wildman–Crippen LogP) is 2.42. The van der Waals surface area contributed by atoms with Crippen LogP contribution in [0.4, 0.5) is 5.69 Å². The van der Waals surface area contributed by atoms with Gasteiger partial charge in [-0.3, -0.25) is 4.79 Å². The van der Waals surface area contributed by atoms with Crippen molar-refractivity contribution in [2.75, 3.05) is 18.5 Å². The lowest BCUT2D eigenvalue weighted by molar-refractivity contribution is -0.116. The van der Waals surface area contributed by atoms with Crippen molar-refractivity contribution in [3.05, 3.63) is 23.2 Å². The van der Waals surface area contributed by atoms with Gasteiger partial charge < -0.3 is 15.8 Å². The van der Waals surface area contributed by atoms with Crippen LogP contribution in [0.25, 0.3) is 0 Å². The number of hydrogen-bond acceptors (Lipinski definition) is 3. The fourth-order valence-corrected chi connectivity index (χ4v) is 1.51. The van der Waals surface area contributed by atoms with Gasteiger partial charge in [-0.05, 0) is 32.0 Å². The van der Waals surface area contributed by atoms with Crippen molar-refractivity contribution in [2.45, 2.75) is 19.8 Å². The summed E-state index contributed by atoms with van der Waals surface area (Å²) in [5.41, 5.74) is 5.98. The van der Waals surface area contributed by atoms with E-state index in [-0.39, 0.29) is 5.91 Å². The number of ether oxygens (including phenoxy) is 1. The molecular formula is C12H17ClN2O2. The second-order valence-corrected chi connectivity index (χ2v) is 3.95. The van der Waals surface area contributed by atoms with Gasteiger partial charge >= 0.3 is 0 Å². The van der Waals surface area contributed by atoms with Gasteiger partial charge in [0.2, 0.25) is 5.91 Å². The topological polar surface area (TPSA) is 64.3 Å². The van der Waals surface area contributed by atoms with Gasteiger partial charge in [0.25, 0.3) is 0 Å². The van der Waals surface area contributed by atoms with Gasteiger partial charge in [0.1, 0.15) is 5.75 Å².